The normalized spacial score (nSPS) is 11.5. The van der Waals surface area contributed by atoms with Crippen LogP contribution in [0.1, 0.15) is 11.1 Å². The summed E-state index contributed by atoms with van der Waals surface area (Å²) in [6.45, 7) is 0.353. The number of alkyl halides is 3. The molecule has 0 amide bonds. The highest BCUT2D eigenvalue weighted by Gasteiger charge is 2.30. The van der Waals surface area contributed by atoms with Crippen LogP contribution in [-0.2, 0) is 12.7 Å². The zero-order valence-corrected chi connectivity index (χ0v) is 12.4. The van der Waals surface area contributed by atoms with E-state index in [1.807, 2.05) is 0 Å². The van der Waals surface area contributed by atoms with Crippen molar-refractivity contribution in [2.24, 2.45) is 0 Å². The summed E-state index contributed by atoms with van der Waals surface area (Å²) in [5.41, 5.74) is 1.65. The molecule has 1 heterocycles. The Morgan fingerprint density at radius 3 is 2.62 bits per heavy atom. The van der Waals surface area contributed by atoms with Gasteiger partial charge in [-0.25, -0.2) is 0 Å². The largest absolute Gasteiger partial charge is 0.508 e. The van der Waals surface area contributed by atoms with Crippen LogP contribution in [0.2, 0.25) is 0 Å². The van der Waals surface area contributed by atoms with E-state index in [-0.39, 0.29) is 5.75 Å². The molecule has 124 valence electrons. The maximum atomic E-state index is 12.9. The van der Waals surface area contributed by atoms with Crippen LogP contribution < -0.4 is 5.32 Å². The van der Waals surface area contributed by atoms with Crippen molar-refractivity contribution in [1.29, 1.82) is 0 Å². The van der Waals surface area contributed by atoms with E-state index in [1.54, 1.807) is 36.5 Å². The summed E-state index contributed by atoms with van der Waals surface area (Å²) in [5, 5.41) is 19.2. The number of aromatic nitrogens is 2. The molecule has 0 atom stereocenters. The maximum Gasteiger partial charge on any atom is 0.416 e. The molecular formula is C17H14F3N3O. The second-order valence-electron chi connectivity index (χ2n) is 5.25. The fourth-order valence-corrected chi connectivity index (χ4v) is 2.36. The second kappa shape index (κ2) is 6.27. The third-order valence-electron chi connectivity index (χ3n) is 3.53. The molecule has 0 aliphatic heterocycles. The number of rotatable bonds is 4. The molecule has 0 saturated heterocycles. The lowest BCUT2D eigenvalue weighted by atomic mass is 10.0. The van der Waals surface area contributed by atoms with Gasteiger partial charge in [-0.05, 0) is 24.3 Å². The first-order valence-electron chi connectivity index (χ1n) is 7.16. The van der Waals surface area contributed by atoms with Crippen molar-refractivity contribution in [3.8, 4) is 17.0 Å². The summed E-state index contributed by atoms with van der Waals surface area (Å²) in [6.07, 6.45) is -2.83. The van der Waals surface area contributed by atoms with E-state index < -0.39 is 11.7 Å². The SMILES string of the molecule is Oc1cccc(NCc2cn[nH]c2-c2cccc(C(F)(F)F)c2)c1. The Bertz CT molecular complexity index is 843. The first-order valence-corrected chi connectivity index (χ1v) is 7.16. The van der Waals surface area contributed by atoms with Gasteiger partial charge < -0.3 is 10.4 Å². The van der Waals surface area contributed by atoms with E-state index in [2.05, 4.69) is 15.5 Å². The molecule has 3 N–H and O–H groups in total. The zero-order chi connectivity index (χ0) is 17.2. The minimum atomic E-state index is -4.39. The summed E-state index contributed by atoms with van der Waals surface area (Å²) in [6, 6.07) is 11.7. The molecule has 0 aliphatic rings. The number of hydrogen-bond donors (Lipinski definition) is 3. The molecule has 0 fully saturated rings. The lowest BCUT2D eigenvalue weighted by Gasteiger charge is -2.10. The average molecular weight is 333 g/mol. The third-order valence-corrected chi connectivity index (χ3v) is 3.53. The van der Waals surface area contributed by atoms with Crippen molar-refractivity contribution in [3.05, 3.63) is 65.9 Å². The van der Waals surface area contributed by atoms with E-state index in [0.29, 0.717) is 23.5 Å². The van der Waals surface area contributed by atoms with E-state index >= 15 is 0 Å². The summed E-state index contributed by atoms with van der Waals surface area (Å²) in [5.74, 6) is 0.130. The van der Waals surface area contributed by atoms with E-state index in [9.17, 15) is 18.3 Å². The first kappa shape index (κ1) is 15.9. The van der Waals surface area contributed by atoms with Gasteiger partial charge in [-0.3, -0.25) is 5.10 Å². The Balaban J connectivity index is 1.83. The van der Waals surface area contributed by atoms with Gasteiger partial charge in [-0.1, -0.05) is 18.2 Å². The highest BCUT2D eigenvalue weighted by Crippen LogP contribution is 2.32. The van der Waals surface area contributed by atoms with Crippen LogP contribution in [0.5, 0.6) is 5.75 Å². The number of nitrogens with zero attached hydrogens (tertiary/aromatic N) is 1. The molecule has 0 radical (unpaired) electrons. The van der Waals surface area contributed by atoms with Crippen LogP contribution in [-0.4, -0.2) is 15.3 Å². The summed E-state index contributed by atoms with van der Waals surface area (Å²) >= 11 is 0. The van der Waals surface area contributed by atoms with Crippen molar-refractivity contribution in [1.82, 2.24) is 10.2 Å². The van der Waals surface area contributed by atoms with Gasteiger partial charge in [0.25, 0.3) is 0 Å². The standard InChI is InChI=1S/C17H14F3N3O/c18-17(19,20)13-4-1-3-11(7-13)16-12(10-22-23-16)9-21-14-5-2-6-15(24)8-14/h1-8,10,21,24H,9H2,(H,22,23). The minimum absolute atomic E-state index is 0.130. The van der Waals surface area contributed by atoms with E-state index in [0.717, 1.165) is 17.7 Å². The first-order chi connectivity index (χ1) is 11.4. The summed E-state index contributed by atoms with van der Waals surface area (Å²) < 4.78 is 38.6. The number of halogens is 3. The molecule has 3 aromatic rings. The molecule has 0 aliphatic carbocycles. The molecule has 1 aromatic heterocycles. The van der Waals surface area contributed by atoms with Gasteiger partial charge in [0.05, 0.1) is 17.5 Å². The number of anilines is 1. The molecule has 3 rings (SSSR count). The number of aromatic amines is 1. The van der Waals surface area contributed by atoms with Crippen LogP contribution in [0.25, 0.3) is 11.3 Å². The van der Waals surface area contributed by atoms with Crippen LogP contribution in [0.15, 0.2) is 54.7 Å². The number of nitrogens with one attached hydrogen (secondary N) is 2. The molecule has 0 spiro atoms. The van der Waals surface area contributed by atoms with Crippen molar-refractivity contribution in [3.63, 3.8) is 0 Å². The topological polar surface area (TPSA) is 60.9 Å². The van der Waals surface area contributed by atoms with E-state index in [4.69, 9.17) is 0 Å². The van der Waals surface area contributed by atoms with Gasteiger partial charge in [0.1, 0.15) is 5.75 Å². The predicted molar refractivity (Wildman–Crippen MR) is 84.5 cm³/mol. The van der Waals surface area contributed by atoms with Crippen LogP contribution in [0.4, 0.5) is 18.9 Å². The van der Waals surface area contributed by atoms with Crippen LogP contribution in [0.3, 0.4) is 0 Å². The Morgan fingerprint density at radius 2 is 1.88 bits per heavy atom. The van der Waals surface area contributed by atoms with Gasteiger partial charge in [-0.15, -0.1) is 0 Å². The molecule has 2 aromatic carbocycles. The molecule has 24 heavy (non-hydrogen) atoms. The van der Waals surface area contributed by atoms with Gasteiger partial charge in [0, 0.05) is 29.4 Å². The van der Waals surface area contributed by atoms with Crippen molar-refractivity contribution in [2.75, 3.05) is 5.32 Å². The Labute approximate surface area is 136 Å². The lowest BCUT2D eigenvalue weighted by Crippen LogP contribution is -2.05. The Morgan fingerprint density at radius 1 is 1.08 bits per heavy atom. The molecule has 0 saturated carbocycles. The van der Waals surface area contributed by atoms with Gasteiger partial charge in [-0.2, -0.15) is 18.3 Å². The number of phenolic OH excluding ortho intramolecular Hbond substituents is 1. The van der Waals surface area contributed by atoms with Gasteiger partial charge in [0.2, 0.25) is 0 Å². The number of H-pyrrole nitrogens is 1. The van der Waals surface area contributed by atoms with Crippen LogP contribution >= 0.6 is 0 Å². The molecule has 7 heteroatoms. The highest BCUT2D eigenvalue weighted by molar-refractivity contribution is 5.64. The quantitative estimate of drug-likeness (QED) is 0.663. The smallest absolute Gasteiger partial charge is 0.416 e. The predicted octanol–water partition coefficient (Wildman–Crippen LogP) is 4.41. The summed E-state index contributed by atoms with van der Waals surface area (Å²) in [7, 11) is 0. The van der Waals surface area contributed by atoms with Gasteiger partial charge in [0.15, 0.2) is 0 Å². The van der Waals surface area contributed by atoms with Crippen LogP contribution in [0, 0.1) is 0 Å². The number of phenols is 1. The maximum absolute atomic E-state index is 12.9. The second-order valence-corrected chi connectivity index (χ2v) is 5.25. The zero-order valence-electron chi connectivity index (χ0n) is 12.4. The van der Waals surface area contributed by atoms with Crippen molar-refractivity contribution in [2.45, 2.75) is 12.7 Å². The van der Waals surface area contributed by atoms with E-state index in [1.165, 1.54) is 6.07 Å². The Kier molecular flexibility index (Phi) is 4.16. The van der Waals surface area contributed by atoms with Crippen molar-refractivity contribution < 1.29 is 18.3 Å². The number of hydrogen-bond acceptors (Lipinski definition) is 3. The molecule has 0 unspecified atom stereocenters. The van der Waals surface area contributed by atoms with Crippen molar-refractivity contribution >= 4 is 5.69 Å². The third kappa shape index (κ3) is 3.51. The monoisotopic (exact) mass is 333 g/mol. The molecular weight excluding hydrogens is 319 g/mol. The fourth-order valence-electron chi connectivity index (χ4n) is 2.36. The number of aromatic hydroxyl groups is 1. The molecule has 4 nitrogen and oxygen atoms in total. The lowest BCUT2D eigenvalue weighted by molar-refractivity contribution is -0.137. The Hall–Kier alpha value is -2.96. The highest BCUT2D eigenvalue weighted by atomic mass is 19.4. The number of benzene rings is 2. The molecule has 0 bridgehead atoms. The minimum Gasteiger partial charge on any atom is -0.508 e. The van der Waals surface area contributed by atoms with Gasteiger partial charge >= 0.3 is 6.18 Å². The summed E-state index contributed by atoms with van der Waals surface area (Å²) in [4.78, 5) is 0. The average Bonchev–Trinajstić information content (AvgIpc) is 3.01. The fraction of sp³-hybridized carbons (Fsp3) is 0.118.